The third-order valence-electron chi connectivity index (χ3n) is 7.08. The Morgan fingerprint density at radius 2 is 2.06 bits per heavy atom. The molecule has 2 aliphatic heterocycles. The molecule has 0 bridgehead atoms. The van der Waals surface area contributed by atoms with Crippen molar-refractivity contribution in [3.05, 3.63) is 62.9 Å². The van der Waals surface area contributed by atoms with Gasteiger partial charge in [0.25, 0.3) is 5.56 Å². The van der Waals surface area contributed by atoms with Crippen LogP contribution in [0, 0.1) is 5.92 Å². The molecule has 9 heteroatoms. The summed E-state index contributed by atoms with van der Waals surface area (Å²) in [4.78, 5) is 36.1. The number of unbranched alkanes of at least 4 members (excludes halogenated alkanes) is 1. The molecule has 0 aliphatic carbocycles. The Bertz CT molecular complexity index is 1480. The number of aromatic amines is 1. The minimum atomic E-state index is -0.353. The lowest BCUT2D eigenvalue weighted by Gasteiger charge is -2.29. The van der Waals surface area contributed by atoms with Crippen LogP contribution in [0.1, 0.15) is 24.3 Å². The van der Waals surface area contributed by atoms with Crippen LogP contribution in [0.3, 0.4) is 0 Å². The summed E-state index contributed by atoms with van der Waals surface area (Å²) in [7, 11) is 1.71. The first-order valence-corrected chi connectivity index (χ1v) is 12.5. The molecule has 1 saturated heterocycles. The van der Waals surface area contributed by atoms with Crippen LogP contribution < -0.4 is 20.7 Å². The van der Waals surface area contributed by atoms with E-state index in [1.165, 1.54) is 21.5 Å². The molecule has 0 unspecified atom stereocenters. The Morgan fingerprint density at radius 1 is 1.18 bits per heavy atom. The molecule has 8 nitrogen and oxygen atoms in total. The summed E-state index contributed by atoms with van der Waals surface area (Å²) in [5.41, 5.74) is 1.20. The van der Waals surface area contributed by atoms with Gasteiger partial charge in [0.15, 0.2) is 0 Å². The first-order chi connectivity index (χ1) is 16.6. The van der Waals surface area contributed by atoms with Crippen molar-refractivity contribution in [2.45, 2.75) is 25.3 Å². The average Bonchev–Trinajstić information content (AvgIpc) is 3.44. The number of likely N-dealkylation sites (tertiary alicyclic amines) is 1. The number of ether oxygens (including phenoxy) is 2. The van der Waals surface area contributed by atoms with Gasteiger partial charge in [-0.05, 0) is 43.7 Å². The number of hydrogen-bond acceptors (Lipinski definition) is 7. The average molecular weight is 479 g/mol. The van der Waals surface area contributed by atoms with E-state index in [9.17, 15) is 9.59 Å². The summed E-state index contributed by atoms with van der Waals surface area (Å²) in [6, 6.07) is 9.70. The van der Waals surface area contributed by atoms with E-state index >= 15 is 0 Å². The lowest BCUT2D eigenvalue weighted by molar-refractivity contribution is 0.209. The van der Waals surface area contributed by atoms with Crippen LogP contribution in [0.4, 0.5) is 0 Å². The highest BCUT2D eigenvalue weighted by atomic mass is 32.1. The van der Waals surface area contributed by atoms with E-state index < -0.39 is 0 Å². The number of fused-ring (bicyclic) bond motifs is 6. The Balaban J connectivity index is 1.12. The normalized spacial score (nSPS) is 19.8. The van der Waals surface area contributed by atoms with Gasteiger partial charge in [0.2, 0.25) is 0 Å². The van der Waals surface area contributed by atoms with Gasteiger partial charge < -0.3 is 19.4 Å². The zero-order valence-electron chi connectivity index (χ0n) is 19.0. The number of H-pyrrole nitrogens is 1. The maximum absolute atomic E-state index is 13.0. The monoisotopic (exact) mass is 478 g/mol. The largest absolute Gasteiger partial charge is 0.496 e. The van der Waals surface area contributed by atoms with E-state index in [4.69, 9.17) is 9.47 Å². The van der Waals surface area contributed by atoms with Crippen molar-refractivity contribution >= 4 is 31.8 Å². The number of nitrogens with one attached hydrogen (secondary N) is 1. The maximum Gasteiger partial charge on any atom is 0.328 e. The van der Waals surface area contributed by atoms with Crippen molar-refractivity contribution < 1.29 is 9.47 Å². The molecule has 2 atom stereocenters. The van der Waals surface area contributed by atoms with Crippen LogP contribution in [-0.4, -0.2) is 52.8 Å². The van der Waals surface area contributed by atoms with Crippen molar-refractivity contribution in [2.75, 3.05) is 33.4 Å². The zero-order chi connectivity index (χ0) is 23.2. The quantitative estimate of drug-likeness (QED) is 0.428. The second-order valence-corrected chi connectivity index (χ2v) is 10.1. The van der Waals surface area contributed by atoms with Gasteiger partial charge in [-0.25, -0.2) is 9.78 Å². The van der Waals surface area contributed by atoms with E-state index in [1.807, 2.05) is 30.3 Å². The second-order valence-electron chi connectivity index (χ2n) is 9.07. The number of hydrogen-bond donors (Lipinski definition) is 1. The summed E-state index contributed by atoms with van der Waals surface area (Å²) in [6.45, 7) is 4.04. The summed E-state index contributed by atoms with van der Waals surface area (Å²) in [5, 5.41) is 0.821. The molecule has 4 aromatic rings. The molecule has 1 fully saturated rings. The predicted octanol–water partition coefficient (Wildman–Crippen LogP) is 3.20. The van der Waals surface area contributed by atoms with Gasteiger partial charge in [-0.2, -0.15) is 0 Å². The fraction of sp³-hybridized carbons (Fsp3) is 0.400. The Hall–Kier alpha value is -3.17. The van der Waals surface area contributed by atoms with Crippen molar-refractivity contribution in [1.82, 2.24) is 19.4 Å². The van der Waals surface area contributed by atoms with Gasteiger partial charge in [-0.15, -0.1) is 11.3 Å². The zero-order valence-corrected chi connectivity index (χ0v) is 19.8. The minimum Gasteiger partial charge on any atom is -0.496 e. The molecule has 34 heavy (non-hydrogen) atoms. The van der Waals surface area contributed by atoms with Gasteiger partial charge in [0.05, 0.1) is 19.2 Å². The highest BCUT2D eigenvalue weighted by Gasteiger charge is 2.40. The molecule has 3 aromatic heterocycles. The van der Waals surface area contributed by atoms with E-state index in [2.05, 4.69) is 14.9 Å². The van der Waals surface area contributed by atoms with Gasteiger partial charge in [-0.3, -0.25) is 9.36 Å². The summed E-state index contributed by atoms with van der Waals surface area (Å²) in [5.74, 6) is 2.71. The molecule has 0 radical (unpaired) electrons. The topological polar surface area (TPSA) is 89.5 Å². The van der Waals surface area contributed by atoms with Gasteiger partial charge in [0.1, 0.15) is 21.0 Å². The van der Waals surface area contributed by atoms with Gasteiger partial charge in [0, 0.05) is 48.6 Å². The molecule has 6 rings (SSSR count). The molecule has 5 heterocycles. The molecular formula is C25H26N4O4S. The third kappa shape index (κ3) is 3.50. The molecular weight excluding hydrogens is 452 g/mol. The first kappa shape index (κ1) is 21.4. The first-order valence-electron chi connectivity index (χ1n) is 11.7. The highest BCUT2D eigenvalue weighted by Crippen LogP contribution is 2.46. The minimum absolute atomic E-state index is 0.227. The molecule has 0 amide bonds. The number of pyridine rings is 1. The molecule has 0 spiro atoms. The summed E-state index contributed by atoms with van der Waals surface area (Å²) in [6.07, 6.45) is 3.38. The molecule has 0 saturated carbocycles. The van der Waals surface area contributed by atoms with Crippen LogP contribution in [0.5, 0.6) is 11.5 Å². The van der Waals surface area contributed by atoms with Crippen molar-refractivity contribution in [1.29, 1.82) is 0 Å². The second kappa shape index (κ2) is 8.56. The SMILES string of the molecule is COc1cccc2c1[C@@H]1CN(CCCCn3c(=O)[nH]c4c(sc5ncccc54)c3=O)C[C@@H]1CO2. The fourth-order valence-electron chi connectivity index (χ4n) is 5.43. The van der Waals surface area contributed by atoms with Crippen molar-refractivity contribution in [3.63, 3.8) is 0 Å². The van der Waals surface area contributed by atoms with Gasteiger partial charge in [-0.1, -0.05) is 6.07 Å². The fourth-order valence-corrected chi connectivity index (χ4v) is 6.48. The molecule has 176 valence electrons. The smallest absolute Gasteiger partial charge is 0.328 e. The van der Waals surface area contributed by atoms with Crippen LogP contribution in [0.2, 0.25) is 0 Å². The van der Waals surface area contributed by atoms with E-state index in [-0.39, 0.29) is 11.2 Å². The van der Waals surface area contributed by atoms with Crippen LogP contribution in [0.15, 0.2) is 46.1 Å². The lowest BCUT2D eigenvalue weighted by Crippen LogP contribution is -2.34. The lowest BCUT2D eigenvalue weighted by atomic mass is 9.86. The van der Waals surface area contributed by atoms with E-state index in [0.29, 0.717) is 28.6 Å². The van der Waals surface area contributed by atoms with Crippen LogP contribution >= 0.6 is 11.3 Å². The number of aromatic nitrogens is 3. The number of nitrogens with zero attached hydrogens (tertiary/aromatic N) is 3. The number of rotatable bonds is 6. The predicted molar refractivity (Wildman–Crippen MR) is 132 cm³/mol. The van der Waals surface area contributed by atoms with Crippen LogP contribution in [0.25, 0.3) is 20.4 Å². The molecule has 1 N–H and O–H groups in total. The molecule has 1 aromatic carbocycles. The Labute approximate surface area is 199 Å². The maximum atomic E-state index is 13.0. The third-order valence-corrected chi connectivity index (χ3v) is 8.18. The van der Waals surface area contributed by atoms with Crippen LogP contribution in [-0.2, 0) is 6.54 Å². The summed E-state index contributed by atoms with van der Waals surface area (Å²) < 4.78 is 13.5. The standard InChI is InChI=1S/C25H26N4O4S/c1-32-18-7-4-8-19-20(18)17-13-28(12-15(17)14-33-19)10-2-3-11-29-24(30)22-21(27-25(29)31)16-6-5-9-26-23(16)34-22/h4-9,15,17H,2-3,10-14H2,1H3,(H,27,31)/t15-,17-/m1/s1. The number of benzene rings is 1. The Morgan fingerprint density at radius 3 is 2.94 bits per heavy atom. The van der Waals surface area contributed by atoms with E-state index in [0.717, 1.165) is 60.8 Å². The summed E-state index contributed by atoms with van der Waals surface area (Å²) >= 11 is 1.33. The number of thiophene rings is 1. The van der Waals surface area contributed by atoms with Crippen molar-refractivity contribution in [3.8, 4) is 11.5 Å². The Kier molecular flexibility index (Phi) is 5.38. The molecule has 2 aliphatic rings. The highest BCUT2D eigenvalue weighted by molar-refractivity contribution is 7.25. The number of methoxy groups -OCH3 is 1. The van der Waals surface area contributed by atoms with Crippen molar-refractivity contribution in [2.24, 2.45) is 5.92 Å². The van der Waals surface area contributed by atoms with E-state index in [1.54, 1.807) is 13.3 Å². The van der Waals surface area contributed by atoms with Gasteiger partial charge >= 0.3 is 5.69 Å².